The second-order valence-corrected chi connectivity index (χ2v) is 8.61. The zero-order valence-corrected chi connectivity index (χ0v) is 18.1. The highest BCUT2D eigenvalue weighted by atomic mass is 16.2. The van der Waals surface area contributed by atoms with Gasteiger partial charge in [-0.2, -0.15) is 5.10 Å². The van der Waals surface area contributed by atoms with Crippen LogP contribution in [-0.4, -0.2) is 51.2 Å². The number of nitrogens with one attached hydrogen (secondary N) is 2. The van der Waals surface area contributed by atoms with Crippen LogP contribution in [0.5, 0.6) is 0 Å². The number of nitrogens with zero attached hydrogens (tertiary/aromatic N) is 3. The number of hydrogen-bond donors (Lipinski definition) is 2. The van der Waals surface area contributed by atoms with Crippen LogP contribution in [0.15, 0.2) is 66.9 Å². The smallest absolute Gasteiger partial charge is 0.246 e. The average molecular weight is 430 g/mol. The predicted octanol–water partition coefficient (Wildman–Crippen LogP) is 1.89. The molecule has 2 aliphatic heterocycles. The molecule has 32 heavy (non-hydrogen) atoms. The summed E-state index contributed by atoms with van der Waals surface area (Å²) in [5, 5.41) is 11.1. The maximum atomic E-state index is 13.1. The van der Waals surface area contributed by atoms with Crippen molar-refractivity contribution >= 4 is 11.8 Å². The molecule has 1 aromatic heterocycles. The normalized spacial score (nSPS) is 22.7. The molecule has 0 radical (unpaired) electrons. The fraction of sp³-hybridized carbons (Fsp3) is 0.320. The Morgan fingerprint density at radius 3 is 2.53 bits per heavy atom. The van der Waals surface area contributed by atoms with E-state index in [0.717, 1.165) is 22.4 Å². The summed E-state index contributed by atoms with van der Waals surface area (Å²) in [6, 6.07) is 19.1. The Balaban J connectivity index is 1.25. The molecule has 0 saturated carbocycles. The number of aryl methyl sites for hydroxylation is 1. The summed E-state index contributed by atoms with van der Waals surface area (Å²) >= 11 is 0. The van der Waals surface area contributed by atoms with E-state index < -0.39 is 12.1 Å². The Morgan fingerprint density at radius 2 is 1.78 bits per heavy atom. The molecule has 2 amide bonds. The Morgan fingerprint density at radius 1 is 1.06 bits per heavy atom. The minimum absolute atomic E-state index is 0.00843. The molecule has 2 saturated heterocycles. The molecule has 0 spiro atoms. The number of hydrogen-bond acceptors (Lipinski definition) is 4. The molecule has 7 nitrogen and oxygen atoms in total. The Hall–Kier alpha value is -3.45. The first-order valence-corrected chi connectivity index (χ1v) is 11.0. The highest BCUT2D eigenvalue weighted by Gasteiger charge is 2.46. The van der Waals surface area contributed by atoms with Gasteiger partial charge in [0.15, 0.2) is 0 Å². The molecular weight excluding hydrogens is 402 g/mol. The summed E-state index contributed by atoms with van der Waals surface area (Å²) in [7, 11) is 1.92. The van der Waals surface area contributed by atoms with E-state index in [4.69, 9.17) is 0 Å². The highest BCUT2D eigenvalue weighted by Crippen LogP contribution is 2.26. The molecule has 0 aliphatic carbocycles. The summed E-state index contributed by atoms with van der Waals surface area (Å²) in [4.78, 5) is 27.6. The summed E-state index contributed by atoms with van der Waals surface area (Å²) in [6.07, 6.45) is 3.16. The van der Waals surface area contributed by atoms with Gasteiger partial charge in [0, 0.05) is 49.9 Å². The van der Waals surface area contributed by atoms with E-state index in [2.05, 4.69) is 27.9 Å². The first kappa shape index (κ1) is 20.5. The van der Waals surface area contributed by atoms with Gasteiger partial charge < -0.3 is 15.5 Å². The van der Waals surface area contributed by atoms with Gasteiger partial charge in [-0.05, 0) is 12.0 Å². The third-order valence-corrected chi connectivity index (χ3v) is 6.32. The number of piperazine rings is 1. The van der Waals surface area contributed by atoms with Crippen LogP contribution >= 0.6 is 0 Å². The second-order valence-electron chi connectivity index (χ2n) is 8.61. The standard InChI is InChI=1S/C25H27N5O2/c1-29-15-19(23(28-29)18-10-6-3-7-11-18)14-26-20-13-22-24(31)27-21(25(32)30(22)16-20)12-17-8-4-2-5-9-17/h2-11,15,20-22,26H,12-14,16H2,1H3,(H,27,31)/t20-,21+,22-/m0/s1. The van der Waals surface area contributed by atoms with Crippen molar-refractivity contribution in [3.63, 3.8) is 0 Å². The number of rotatable bonds is 6. The van der Waals surface area contributed by atoms with Gasteiger partial charge >= 0.3 is 0 Å². The summed E-state index contributed by atoms with van der Waals surface area (Å²) in [5.74, 6) is -0.0460. The summed E-state index contributed by atoms with van der Waals surface area (Å²) in [5.41, 5.74) is 4.17. The Kier molecular flexibility index (Phi) is 5.49. The SMILES string of the molecule is Cn1cc(CN[C@H]2C[C@H]3C(=O)N[C@H](Cc4ccccc4)C(=O)N3C2)c(-c2ccccc2)n1. The van der Waals surface area contributed by atoms with E-state index in [1.165, 1.54) is 0 Å². The van der Waals surface area contributed by atoms with E-state index in [1.807, 2.05) is 66.5 Å². The van der Waals surface area contributed by atoms with Crippen LogP contribution in [0.25, 0.3) is 11.3 Å². The van der Waals surface area contributed by atoms with Crippen molar-refractivity contribution in [2.75, 3.05) is 6.54 Å². The van der Waals surface area contributed by atoms with E-state index in [0.29, 0.717) is 25.9 Å². The zero-order chi connectivity index (χ0) is 22.1. The van der Waals surface area contributed by atoms with E-state index in [-0.39, 0.29) is 17.9 Å². The van der Waals surface area contributed by atoms with Crippen LogP contribution in [0.2, 0.25) is 0 Å². The number of aromatic nitrogens is 2. The first-order chi connectivity index (χ1) is 15.6. The Bertz CT molecular complexity index is 1110. The molecule has 7 heteroatoms. The summed E-state index contributed by atoms with van der Waals surface area (Å²) in [6.45, 7) is 1.18. The van der Waals surface area contributed by atoms with Gasteiger partial charge in [0.2, 0.25) is 11.8 Å². The number of fused-ring (bicyclic) bond motifs is 1. The van der Waals surface area contributed by atoms with Gasteiger partial charge in [0.1, 0.15) is 12.1 Å². The van der Waals surface area contributed by atoms with E-state index in [9.17, 15) is 9.59 Å². The van der Waals surface area contributed by atoms with Gasteiger partial charge in [-0.25, -0.2) is 0 Å². The van der Waals surface area contributed by atoms with Crippen LogP contribution in [0, 0.1) is 0 Å². The van der Waals surface area contributed by atoms with Crippen molar-refractivity contribution < 1.29 is 9.59 Å². The van der Waals surface area contributed by atoms with Crippen molar-refractivity contribution in [2.45, 2.75) is 37.5 Å². The lowest BCUT2D eigenvalue weighted by Crippen LogP contribution is -2.61. The monoisotopic (exact) mass is 429 g/mol. The molecule has 0 bridgehead atoms. The third kappa shape index (κ3) is 4.03. The van der Waals surface area contributed by atoms with Crippen LogP contribution < -0.4 is 10.6 Å². The number of amides is 2. The van der Waals surface area contributed by atoms with Gasteiger partial charge in [0.25, 0.3) is 0 Å². The van der Waals surface area contributed by atoms with Crippen LogP contribution in [0.4, 0.5) is 0 Å². The van der Waals surface area contributed by atoms with Crippen molar-refractivity contribution in [1.29, 1.82) is 0 Å². The van der Waals surface area contributed by atoms with Crippen molar-refractivity contribution in [1.82, 2.24) is 25.3 Å². The molecule has 2 aliphatic rings. The minimum atomic E-state index is -0.497. The average Bonchev–Trinajstić information content (AvgIpc) is 3.41. The fourth-order valence-electron chi connectivity index (χ4n) is 4.75. The van der Waals surface area contributed by atoms with Crippen molar-refractivity contribution in [3.05, 3.63) is 78.0 Å². The van der Waals surface area contributed by atoms with Gasteiger partial charge in [0.05, 0.1) is 5.69 Å². The van der Waals surface area contributed by atoms with Crippen LogP contribution in [0.3, 0.4) is 0 Å². The topological polar surface area (TPSA) is 79.3 Å². The molecule has 5 rings (SSSR count). The fourth-order valence-corrected chi connectivity index (χ4v) is 4.75. The lowest BCUT2D eigenvalue weighted by atomic mass is 10.0. The third-order valence-electron chi connectivity index (χ3n) is 6.32. The van der Waals surface area contributed by atoms with E-state index >= 15 is 0 Å². The van der Waals surface area contributed by atoms with E-state index in [1.54, 1.807) is 4.90 Å². The predicted molar refractivity (Wildman–Crippen MR) is 121 cm³/mol. The van der Waals surface area contributed by atoms with Crippen molar-refractivity contribution in [3.8, 4) is 11.3 Å². The number of carbonyl (C=O) groups is 2. The second kappa shape index (κ2) is 8.59. The summed E-state index contributed by atoms with van der Waals surface area (Å²) < 4.78 is 1.82. The zero-order valence-electron chi connectivity index (χ0n) is 18.1. The van der Waals surface area contributed by atoms with Crippen LogP contribution in [-0.2, 0) is 29.6 Å². The molecule has 3 heterocycles. The minimum Gasteiger partial charge on any atom is -0.342 e. The molecule has 3 aromatic rings. The molecule has 3 atom stereocenters. The number of carbonyl (C=O) groups excluding carboxylic acids is 2. The maximum Gasteiger partial charge on any atom is 0.246 e. The van der Waals surface area contributed by atoms with Gasteiger partial charge in [-0.15, -0.1) is 0 Å². The first-order valence-electron chi connectivity index (χ1n) is 11.0. The largest absolute Gasteiger partial charge is 0.342 e. The van der Waals surface area contributed by atoms with Gasteiger partial charge in [-0.1, -0.05) is 60.7 Å². The molecule has 164 valence electrons. The molecule has 0 unspecified atom stereocenters. The number of benzene rings is 2. The molecule has 2 N–H and O–H groups in total. The highest BCUT2D eigenvalue weighted by molar-refractivity contribution is 5.97. The lowest BCUT2D eigenvalue weighted by molar-refractivity contribution is -0.147. The maximum absolute atomic E-state index is 13.1. The Labute approximate surface area is 187 Å². The van der Waals surface area contributed by atoms with Crippen molar-refractivity contribution in [2.24, 2.45) is 7.05 Å². The molecule has 2 aromatic carbocycles. The molecular formula is C25H27N5O2. The van der Waals surface area contributed by atoms with Gasteiger partial charge in [-0.3, -0.25) is 14.3 Å². The quantitative estimate of drug-likeness (QED) is 0.627. The van der Waals surface area contributed by atoms with Crippen LogP contribution in [0.1, 0.15) is 17.5 Å². The molecule has 2 fully saturated rings. The lowest BCUT2D eigenvalue weighted by Gasteiger charge is -2.34.